The van der Waals surface area contributed by atoms with Crippen molar-refractivity contribution in [3.63, 3.8) is 0 Å². The molecular formula is C16H18N2O2S. The van der Waals surface area contributed by atoms with Crippen LogP contribution < -0.4 is 5.32 Å². The lowest BCUT2D eigenvalue weighted by Crippen LogP contribution is -2.25. The van der Waals surface area contributed by atoms with Gasteiger partial charge < -0.3 is 5.32 Å². The molecule has 0 aliphatic heterocycles. The van der Waals surface area contributed by atoms with Crippen molar-refractivity contribution in [3.05, 3.63) is 58.6 Å². The molecule has 0 saturated heterocycles. The van der Waals surface area contributed by atoms with E-state index in [-0.39, 0.29) is 16.1 Å². The summed E-state index contributed by atoms with van der Waals surface area (Å²) in [6.45, 7) is 6.35. The first-order valence-electron chi connectivity index (χ1n) is 6.64. The van der Waals surface area contributed by atoms with Gasteiger partial charge in [-0.15, -0.1) is 0 Å². The summed E-state index contributed by atoms with van der Waals surface area (Å²) in [5, 5.41) is 14.0. The molecule has 21 heavy (non-hydrogen) atoms. The van der Waals surface area contributed by atoms with Gasteiger partial charge in [0.2, 0.25) is 0 Å². The van der Waals surface area contributed by atoms with E-state index in [0.29, 0.717) is 0 Å². The number of non-ortho nitro benzene ring substituents is 1. The third kappa shape index (κ3) is 4.79. The Balaban J connectivity index is 2.04. The van der Waals surface area contributed by atoms with Crippen molar-refractivity contribution in [1.29, 1.82) is 0 Å². The zero-order valence-corrected chi connectivity index (χ0v) is 13.1. The van der Waals surface area contributed by atoms with Crippen molar-refractivity contribution in [3.8, 4) is 0 Å². The van der Waals surface area contributed by atoms with E-state index >= 15 is 0 Å². The molecule has 0 aliphatic rings. The Hall–Kier alpha value is -2.01. The molecule has 0 saturated carbocycles. The highest BCUT2D eigenvalue weighted by Crippen LogP contribution is 2.30. The molecule has 0 aromatic heterocycles. The lowest BCUT2D eigenvalue weighted by Gasteiger charge is -2.22. The molecule has 4 nitrogen and oxygen atoms in total. The molecule has 5 heteroatoms. The molecule has 0 spiro atoms. The molecule has 2 rings (SSSR count). The second-order valence-electron chi connectivity index (χ2n) is 5.75. The van der Waals surface area contributed by atoms with E-state index in [0.717, 1.165) is 15.5 Å². The van der Waals surface area contributed by atoms with Crippen molar-refractivity contribution >= 4 is 23.1 Å². The topological polar surface area (TPSA) is 55.2 Å². The van der Waals surface area contributed by atoms with E-state index < -0.39 is 0 Å². The van der Waals surface area contributed by atoms with Crippen LogP contribution in [-0.4, -0.2) is 10.5 Å². The zero-order valence-electron chi connectivity index (χ0n) is 12.3. The molecule has 0 fully saturated rings. The third-order valence-corrected chi connectivity index (χ3v) is 3.67. The first-order chi connectivity index (χ1) is 9.83. The van der Waals surface area contributed by atoms with Gasteiger partial charge in [-0.1, -0.05) is 11.8 Å². The highest BCUT2D eigenvalue weighted by Gasteiger charge is 2.09. The molecule has 110 valence electrons. The average molecular weight is 302 g/mol. The van der Waals surface area contributed by atoms with Crippen molar-refractivity contribution in [2.75, 3.05) is 5.32 Å². The lowest BCUT2D eigenvalue weighted by molar-refractivity contribution is -0.384. The highest BCUT2D eigenvalue weighted by atomic mass is 32.2. The largest absolute Gasteiger partial charge is 0.380 e. The Morgan fingerprint density at radius 1 is 0.952 bits per heavy atom. The minimum Gasteiger partial charge on any atom is -0.380 e. The Labute approximate surface area is 128 Å². The molecule has 0 heterocycles. The summed E-state index contributed by atoms with van der Waals surface area (Å²) in [5.74, 6) is 0. The van der Waals surface area contributed by atoms with E-state index in [4.69, 9.17) is 0 Å². The van der Waals surface area contributed by atoms with Gasteiger partial charge in [0, 0.05) is 33.2 Å². The maximum absolute atomic E-state index is 10.6. The van der Waals surface area contributed by atoms with Crippen LogP contribution in [0.1, 0.15) is 20.8 Å². The summed E-state index contributed by atoms with van der Waals surface area (Å²) in [7, 11) is 0. The summed E-state index contributed by atoms with van der Waals surface area (Å²) in [5.41, 5.74) is 1.23. The summed E-state index contributed by atoms with van der Waals surface area (Å²) in [4.78, 5) is 12.3. The Bertz CT molecular complexity index is 616. The second kappa shape index (κ2) is 6.18. The van der Waals surface area contributed by atoms with Gasteiger partial charge in [0.1, 0.15) is 0 Å². The monoisotopic (exact) mass is 302 g/mol. The summed E-state index contributed by atoms with van der Waals surface area (Å²) in [6, 6.07) is 14.8. The number of nitro groups is 1. The molecule has 1 N–H and O–H groups in total. The second-order valence-corrected chi connectivity index (χ2v) is 6.90. The predicted octanol–water partition coefficient (Wildman–Crippen LogP) is 4.96. The van der Waals surface area contributed by atoms with E-state index in [2.05, 4.69) is 26.1 Å². The average Bonchev–Trinajstić information content (AvgIpc) is 2.40. The van der Waals surface area contributed by atoms with Gasteiger partial charge in [-0.25, -0.2) is 0 Å². The summed E-state index contributed by atoms with van der Waals surface area (Å²) < 4.78 is 0. The fourth-order valence-corrected chi connectivity index (χ4v) is 2.63. The van der Waals surface area contributed by atoms with Crippen LogP contribution in [-0.2, 0) is 0 Å². The maximum Gasteiger partial charge on any atom is 0.269 e. The van der Waals surface area contributed by atoms with Crippen molar-refractivity contribution in [1.82, 2.24) is 0 Å². The van der Waals surface area contributed by atoms with Crippen molar-refractivity contribution in [2.24, 2.45) is 0 Å². The predicted molar refractivity (Wildman–Crippen MR) is 87.0 cm³/mol. The Morgan fingerprint density at radius 2 is 1.43 bits per heavy atom. The first-order valence-corrected chi connectivity index (χ1v) is 7.46. The summed E-state index contributed by atoms with van der Waals surface area (Å²) in [6.07, 6.45) is 0. The molecule has 0 unspecified atom stereocenters. The standard InChI is InChI=1S/C16H18N2O2S/c1-16(2,3)17-12-4-8-14(9-5-12)21-15-10-6-13(7-11-15)18(19)20/h4-11,17H,1-3H3. The maximum atomic E-state index is 10.6. The Morgan fingerprint density at radius 3 is 1.86 bits per heavy atom. The zero-order chi connectivity index (χ0) is 15.5. The van der Waals surface area contributed by atoms with Gasteiger partial charge in [0.15, 0.2) is 0 Å². The van der Waals surface area contributed by atoms with Crippen LogP contribution >= 0.6 is 11.8 Å². The normalized spacial score (nSPS) is 11.2. The lowest BCUT2D eigenvalue weighted by atomic mass is 10.1. The van der Waals surface area contributed by atoms with Crippen molar-refractivity contribution < 1.29 is 4.92 Å². The third-order valence-electron chi connectivity index (χ3n) is 2.66. The number of nitrogens with one attached hydrogen (secondary N) is 1. The smallest absolute Gasteiger partial charge is 0.269 e. The fraction of sp³-hybridized carbons (Fsp3) is 0.250. The minimum atomic E-state index is -0.387. The van der Waals surface area contributed by atoms with E-state index in [1.165, 1.54) is 12.1 Å². The van der Waals surface area contributed by atoms with Gasteiger partial charge >= 0.3 is 0 Å². The molecule has 0 atom stereocenters. The number of hydrogen-bond acceptors (Lipinski definition) is 4. The fourth-order valence-electron chi connectivity index (χ4n) is 1.81. The van der Waals surface area contributed by atoms with Gasteiger partial charge in [-0.2, -0.15) is 0 Å². The minimum absolute atomic E-state index is 0.0347. The van der Waals surface area contributed by atoms with Crippen LogP contribution in [0.2, 0.25) is 0 Å². The van der Waals surface area contributed by atoms with Gasteiger partial charge in [-0.3, -0.25) is 10.1 Å². The van der Waals surface area contributed by atoms with E-state index in [1.807, 2.05) is 24.3 Å². The van der Waals surface area contributed by atoms with Gasteiger partial charge in [-0.05, 0) is 57.2 Å². The number of rotatable bonds is 4. The van der Waals surface area contributed by atoms with Crippen LogP contribution in [0.5, 0.6) is 0 Å². The number of anilines is 1. The van der Waals surface area contributed by atoms with Crippen molar-refractivity contribution in [2.45, 2.75) is 36.1 Å². The molecule has 0 aliphatic carbocycles. The van der Waals surface area contributed by atoms with Crippen LogP contribution in [0.25, 0.3) is 0 Å². The van der Waals surface area contributed by atoms with Crippen LogP contribution in [0.3, 0.4) is 0 Å². The molecule has 0 bridgehead atoms. The summed E-state index contributed by atoms with van der Waals surface area (Å²) >= 11 is 1.58. The molecule has 0 radical (unpaired) electrons. The van der Waals surface area contributed by atoms with Crippen LogP contribution in [0.15, 0.2) is 58.3 Å². The van der Waals surface area contributed by atoms with Crippen LogP contribution in [0, 0.1) is 10.1 Å². The van der Waals surface area contributed by atoms with Gasteiger partial charge in [0.05, 0.1) is 4.92 Å². The number of nitrogens with zero attached hydrogens (tertiary/aromatic N) is 1. The number of benzene rings is 2. The molecule has 0 amide bonds. The van der Waals surface area contributed by atoms with Gasteiger partial charge in [0.25, 0.3) is 5.69 Å². The number of nitro benzene ring substituents is 1. The highest BCUT2D eigenvalue weighted by molar-refractivity contribution is 7.99. The molecular weight excluding hydrogens is 284 g/mol. The van der Waals surface area contributed by atoms with Crippen LogP contribution in [0.4, 0.5) is 11.4 Å². The van der Waals surface area contributed by atoms with E-state index in [1.54, 1.807) is 23.9 Å². The quantitative estimate of drug-likeness (QED) is 0.641. The Kier molecular flexibility index (Phi) is 4.53. The molecule has 2 aromatic carbocycles. The molecule has 2 aromatic rings. The number of hydrogen-bond donors (Lipinski definition) is 1. The SMILES string of the molecule is CC(C)(C)Nc1ccc(Sc2ccc([N+](=O)[O-])cc2)cc1. The first kappa shape index (κ1) is 15.4. The van der Waals surface area contributed by atoms with E-state index in [9.17, 15) is 10.1 Å².